The zero-order valence-electron chi connectivity index (χ0n) is 12.9. The van der Waals surface area contributed by atoms with Gasteiger partial charge >= 0.3 is 11.9 Å². The summed E-state index contributed by atoms with van der Waals surface area (Å²) < 4.78 is 4.60. The van der Waals surface area contributed by atoms with Crippen LogP contribution >= 0.6 is 0 Å². The molecule has 116 valence electrons. The highest BCUT2D eigenvalue weighted by Gasteiger charge is 2.33. The van der Waals surface area contributed by atoms with Crippen molar-refractivity contribution in [3.05, 3.63) is 0 Å². The Morgan fingerprint density at radius 1 is 1.20 bits per heavy atom. The molecule has 1 N–H and O–H groups in total. The summed E-state index contributed by atoms with van der Waals surface area (Å²) in [5, 5.41) is 9.09. The van der Waals surface area contributed by atoms with Gasteiger partial charge in [0.2, 0.25) is 5.91 Å². The van der Waals surface area contributed by atoms with E-state index in [2.05, 4.69) is 4.74 Å². The van der Waals surface area contributed by atoms with E-state index in [4.69, 9.17) is 5.11 Å². The van der Waals surface area contributed by atoms with Crippen LogP contribution in [0.25, 0.3) is 0 Å². The molecule has 0 saturated carbocycles. The zero-order valence-corrected chi connectivity index (χ0v) is 12.9. The topological polar surface area (TPSA) is 83.9 Å². The molecule has 0 aromatic heterocycles. The molecule has 1 unspecified atom stereocenters. The van der Waals surface area contributed by atoms with Gasteiger partial charge in [-0.3, -0.25) is 9.59 Å². The van der Waals surface area contributed by atoms with Crippen molar-refractivity contribution in [3.8, 4) is 0 Å². The molecule has 0 saturated heterocycles. The Morgan fingerprint density at radius 2 is 1.75 bits per heavy atom. The first-order valence-corrected chi connectivity index (χ1v) is 6.86. The number of aliphatic carboxylic acids is 1. The fourth-order valence-electron chi connectivity index (χ4n) is 1.95. The van der Waals surface area contributed by atoms with Crippen molar-refractivity contribution in [2.75, 3.05) is 13.7 Å². The highest BCUT2D eigenvalue weighted by atomic mass is 16.5. The Kier molecular flexibility index (Phi) is 7.87. The summed E-state index contributed by atoms with van der Waals surface area (Å²) in [6, 6.07) is -0.902. The van der Waals surface area contributed by atoms with E-state index in [1.54, 1.807) is 0 Å². The predicted molar refractivity (Wildman–Crippen MR) is 74.1 cm³/mol. The molecular formula is C14H25NO5. The molecule has 0 spiro atoms. The van der Waals surface area contributed by atoms with E-state index in [-0.39, 0.29) is 18.2 Å². The number of nitrogens with zero attached hydrogens (tertiary/aromatic N) is 1. The maximum atomic E-state index is 12.5. The number of carbonyl (C=O) groups is 3. The molecule has 6 nitrogen and oxygen atoms in total. The van der Waals surface area contributed by atoms with Crippen LogP contribution in [0.4, 0.5) is 0 Å². The van der Waals surface area contributed by atoms with Crippen LogP contribution in [-0.2, 0) is 19.1 Å². The molecule has 0 rings (SSSR count). The van der Waals surface area contributed by atoms with Gasteiger partial charge in [-0.25, -0.2) is 4.79 Å². The van der Waals surface area contributed by atoms with E-state index >= 15 is 0 Å². The zero-order chi connectivity index (χ0) is 15.9. The number of methoxy groups -OCH3 is 1. The fourth-order valence-corrected chi connectivity index (χ4v) is 1.95. The number of esters is 1. The van der Waals surface area contributed by atoms with E-state index in [0.29, 0.717) is 13.0 Å². The monoisotopic (exact) mass is 287 g/mol. The predicted octanol–water partition coefficient (Wildman–Crippen LogP) is 1.53. The number of carboxylic acids is 1. The van der Waals surface area contributed by atoms with Gasteiger partial charge in [0.25, 0.3) is 0 Å². The fraction of sp³-hybridized carbons (Fsp3) is 0.786. The number of ether oxygens (including phenoxy) is 1. The van der Waals surface area contributed by atoms with Crippen LogP contribution in [0.15, 0.2) is 0 Å². The van der Waals surface area contributed by atoms with Gasteiger partial charge in [0.1, 0.15) is 6.04 Å². The van der Waals surface area contributed by atoms with Crippen LogP contribution < -0.4 is 0 Å². The average molecular weight is 287 g/mol. The lowest BCUT2D eigenvalue weighted by atomic mass is 9.90. The molecule has 1 amide bonds. The summed E-state index contributed by atoms with van der Waals surface area (Å²) in [7, 11) is 1.27. The van der Waals surface area contributed by atoms with E-state index in [0.717, 1.165) is 0 Å². The van der Waals surface area contributed by atoms with Gasteiger partial charge in [0.15, 0.2) is 0 Å². The average Bonchev–Trinajstić information content (AvgIpc) is 2.39. The number of amides is 1. The Labute approximate surface area is 120 Å². The second-order valence-corrected chi connectivity index (χ2v) is 5.18. The third kappa shape index (κ3) is 5.19. The van der Waals surface area contributed by atoms with E-state index < -0.39 is 23.9 Å². The molecule has 2 atom stereocenters. The summed E-state index contributed by atoms with van der Waals surface area (Å²) in [5.41, 5.74) is 0. The van der Waals surface area contributed by atoms with Crippen LogP contribution in [0.5, 0.6) is 0 Å². The Bertz CT molecular complexity index is 353. The van der Waals surface area contributed by atoms with Crippen LogP contribution in [0, 0.1) is 11.8 Å². The maximum absolute atomic E-state index is 12.5. The van der Waals surface area contributed by atoms with Crippen LogP contribution in [0.3, 0.4) is 0 Å². The van der Waals surface area contributed by atoms with Crippen molar-refractivity contribution in [2.45, 2.75) is 46.6 Å². The number of carbonyl (C=O) groups excluding carboxylic acids is 2. The normalized spacial score (nSPS) is 13.7. The molecule has 0 aromatic carbocycles. The van der Waals surface area contributed by atoms with Gasteiger partial charge in [-0.05, 0) is 19.3 Å². The summed E-state index contributed by atoms with van der Waals surface area (Å²) >= 11 is 0. The van der Waals surface area contributed by atoms with Gasteiger partial charge in [0, 0.05) is 6.54 Å². The second kappa shape index (κ2) is 8.55. The highest BCUT2D eigenvalue weighted by Crippen LogP contribution is 2.21. The molecule has 0 fully saturated rings. The number of hydrogen-bond donors (Lipinski definition) is 1. The van der Waals surface area contributed by atoms with Crippen molar-refractivity contribution in [1.82, 2.24) is 4.90 Å². The van der Waals surface area contributed by atoms with Crippen LogP contribution in [0.2, 0.25) is 0 Å². The summed E-state index contributed by atoms with van der Waals surface area (Å²) in [5.74, 6) is -2.44. The highest BCUT2D eigenvalue weighted by molar-refractivity contribution is 5.87. The Hall–Kier alpha value is -1.59. The lowest BCUT2D eigenvalue weighted by Gasteiger charge is -2.31. The van der Waals surface area contributed by atoms with Gasteiger partial charge in [-0.15, -0.1) is 0 Å². The third-order valence-electron chi connectivity index (χ3n) is 3.31. The number of carboxylic acid groups (broad SMARTS) is 1. The molecule has 0 bridgehead atoms. The third-order valence-corrected chi connectivity index (χ3v) is 3.31. The molecule has 0 heterocycles. The number of rotatable bonds is 8. The smallest absolute Gasteiger partial charge is 0.326 e. The summed E-state index contributed by atoms with van der Waals surface area (Å²) in [6.07, 6.45) is 0.631. The molecule has 0 aromatic rings. The SMILES string of the molecule is CCCN(C(=O)[C@@H](CC(=O)OC)C(C)C)C(C)C(=O)O. The maximum Gasteiger partial charge on any atom is 0.326 e. The van der Waals surface area contributed by atoms with E-state index in [1.807, 2.05) is 20.8 Å². The molecule has 0 aliphatic rings. The molecule has 20 heavy (non-hydrogen) atoms. The Morgan fingerprint density at radius 3 is 2.10 bits per heavy atom. The van der Waals surface area contributed by atoms with Gasteiger partial charge in [0.05, 0.1) is 19.4 Å². The van der Waals surface area contributed by atoms with E-state index in [1.165, 1.54) is 18.9 Å². The van der Waals surface area contributed by atoms with Crippen molar-refractivity contribution in [1.29, 1.82) is 0 Å². The quantitative estimate of drug-likeness (QED) is 0.684. The minimum atomic E-state index is -1.05. The minimum absolute atomic E-state index is 0.0282. The molecule has 0 aliphatic carbocycles. The lowest BCUT2D eigenvalue weighted by Crippen LogP contribution is -2.47. The largest absolute Gasteiger partial charge is 0.480 e. The van der Waals surface area contributed by atoms with Crippen molar-refractivity contribution in [2.24, 2.45) is 11.8 Å². The van der Waals surface area contributed by atoms with Gasteiger partial charge in [-0.1, -0.05) is 20.8 Å². The summed E-state index contributed by atoms with van der Waals surface area (Å²) in [6.45, 7) is 7.38. The van der Waals surface area contributed by atoms with E-state index in [9.17, 15) is 14.4 Å². The summed E-state index contributed by atoms with van der Waals surface area (Å²) in [4.78, 5) is 36.4. The molecule has 0 radical (unpaired) electrons. The first-order chi connectivity index (χ1) is 9.26. The molecular weight excluding hydrogens is 262 g/mol. The van der Waals surface area contributed by atoms with Crippen molar-refractivity contribution >= 4 is 17.8 Å². The second-order valence-electron chi connectivity index (χ2n) is 5.18. The first kappa shape index (κ1) is 18.4. The molecule has 6 heteroatoms. The minimum Gasteiger partial charge on any atom is -0.480 e. The van der Waals surface area contributed by atoms with Crippen molar-refractivity contribution in [3.63, 3.8) is 0 Å². The lowest BCUT2D eigenvalue weighted by molar-refractivity contribution is -0.154. The standard InChI is InChI=1S/C14H25NO5/c1-6-7-15(10(4)14(18)19)13(17)11(9(2)3)8-12(16)20-5/h9-11H,6-8H2,1-5H3,(H,18,19)/t10?,11-/m0/s1. The molecule has 0 aliphatic heterocycles. The van der Waals surface area contributed by atoms with Gasteiger partial charge < -0.3 is 14.7 Å². The van der Waals surface area contributed by atoms with Crippen LogP contribution in [0.1, 0.15) is 40.5 Å². The van der Waals surface area contributed by atoms with Gasteiger partial charge in [-0.2, -0.15) is 0 Å². The van der Waals surface area contributed by atoms with Crippen molar-refractivity contribution < 1.29 is 24.2 Å². The Balaban J connectivity index is 5.15. The van der Waals surface area contributed by atoms with Crippen LogP contribution in [-0.4, -0.2) is 47.5 Å². The number of hydrogen-bond acceptors (Lipinski definition) is 4. The first-order valence-electron chi connectivity index (χ1n) is 6.86.